The Morgan fingerprint density at radius 1 is 1.22 bits per heavy atom. The van der Waals surface area contributed by atoms with Gasteiger partial charge in [-0.2, -0.15) is 0 Å². The van der Waals surface area contributed by atoms with E-state index in [4.69, 9.17) is 0 Å². The summed E-state index contributed by atoms with van der Waals surface area (Å²) in [7, 11) is 1.54. The first-order valence-electron chi connectivity index (χ1n) is 11.7. The molecule has 9 nitrogen and oxygen atoms in total. The molecule has 4 rings (SSSR count). The first-order valence-corrected chi connectivity index (χ1v) is 11.7. The van der Waals surface area contributed by atoms with Gasteiger partial charge >= 0.3 is 12.1 Å². The summed E-state index contributed by atoms with van der Waals surface area (Å²) in [6.45, 7) is 3.73. The average Bonchev–Trinajstić information content (AvgIpc) is 3.16. The lowest BCUT2D eigenvalue weighted by atomic mass is 10.1. The molecule has 0 bridgehead atoms. The summed E-state index contributed by atoms with van der Waals surface area (Å²) in [5, 5.41) is 12.9. The van der Waals surface area contributed by atoms with E-state index in [2.05, 4.69) is 15.0 Å². The van der Waals surface area contributed by atoms with Crippen LogP contribution in [0.3, 0.4) is 0 Å². The van der Waals surface area contributed by atoms with Gasteiger partial charge < -0.3 is 20.1 Å². The fourth-order valence-electron chi connectivity index (χ4n) is 4.29. The van der Waals surface area contributed by atoms with Crippen LogP contribution in [-0.2, 0) is 26.6 Å². The highest BCUT2D eigenvalue weighted by atomic mass is 19.4. The number of nitrogens with one attached hydrogen (secondary N) is 1. The number of alkyl halides is 3. The summed E-state index contributed by atoms with van der Waals surface area (Å²) in [5.74, 6) is -0.0387. The van der Waals surface area contributed by atoms with Crippen molar-refractivity contribution in [2.75, 3.05) is 10.2 Å². The molecule has 198 valence electrons. The zero-order chi connectivity index (χ0) is 26.9. The highest BCUT2D eigenvalue weighted by Gasteiger charge is 2.36. The van der Waals surface area contributed by atoms with Crippen LogP contribution in [0.5, 0.6) is 5.75 Å². The van der Waals surface area contributed by atoms with Crippen LogP contribution in [-0.4, -0.2) is 37.9 Å². The fraction of sp³-hybridized carbons (Fsp3) is 0.400. The summed E-state index contributed by atoms with van der Waals surface area (Å²) in [5.41, 5.74) is 1.37. The standard InChI is InChI=1S/C25H28F3N5O4/c1-15-7-8-18(29-13-15)14-33-20(12-17-5-4-6-19(11-17)37-25(26,27)28)30-22-21(33)23(35)32(10-9-16(2)34)24(36)31(22)3/h4-8,11,13,16,20,30,34H,9-10,12,14H2,1-3H3. The van der Waals surface area contributed by atoms with Gasteiger partial charge in [0.15, 0.2) is 0 Å². The van der Waals surface area contributed by atoms with Crippen molar-refractivity contribution in [1.82, 2.24) is 14.1 Å². The lowest BCUT2D eigenvalue weighted by molar-refractivity contribution is -0.274. The number of anilines is 2. The second-order valence-electron chi connectivity index (χ2n) is 9.15. The van der Waals surface area contributed by atoms with Crippen LogP contribution in [0.25, 0.3) is 0 Å². The lowest BCUT2D eigenvalue weighted by Crippen LogP contribution is -2.42. The number of halogens is 3. The van der Waals surface area contributed by atoms with Gasteiger partial charge in [0.2, 0.25) is 0 Å². The number of aryl methyl sites for hydroxylation is 1. The molecule has 0 radical (unpaired) electrons. The van der Waals surface area contributed by atoms with E-state index in [0.29, 0.717) is 17.1 Å². The molecular formula is C25H28F3N5O4. The third-order valence-corrected chi connectivity index (χ3v) is 6.13. The smallest absolute Gasteiger partial charge is 0.406 e. The van der Waals surface area contributed by atoms with Gasteiger partial charge in [0, 0.05) is 26.2 Å². The molecule has 0 fully saturated rings. The Morgan fingerprint density at radius 2 is 1.97 bits per heavy atom. The number of nitrogens with zero attached hydrogens (tertiary/aromatic N) is 4. The first kappa shape index (κ1) is 26.3. The van der Waals surface area contributed by atoms with E-state index in [0.717, 1.165) is 10.1 Å². The molecule has 2 atom stereocenters. The zero-order valence-electron chi connectivity index (χ0n) is 20.6. The molecule has 0 amide bonds. The lowest BCUT2D eigenvalue weighted by Gasteiger charge is -2.26. The predicted octanol–water partition coefficient (Wildman–Crippen LogP) is 2.92. The number of aliphatic hydroxyl groups is 1. The van der Waals surface area contributed by atoms with E-state index >= 15 is 0 Å². The van der Waals surface area contributed by atoms with Gasteiger partial charge in [-0.3, -0.25) is 18.9 Å². The molecule has 1 aromatic carbocycles. The molecule has 0 spiro atoms. The van der Waals surface area contributed by atoms with Crippen LogP contribution in [0.4, 0.5) is 24.7 Å². The Labute approximate surface area is 210 Å². The normalized spacial score (nSPS) is 15.9. The minimum Gasteiger partial charge on any atom is -0.406 e. The molecule has 1 aliphatic heterocycles. The Bertz CT molecular complexity index is 1380. The van der Waals surface area contributed by atoms with E-state index in [1.807, 2.05) is 19.1 Å². The van der Waals surface area contributed by atoms with E-state index < -0.39 is 29.9 Å². The number of aromatic nitrogens is 3. The van der Waals surface area contributed by atoms with Crippen LogP contribution >= 0.6 is 0 Å². The molecule has 0 saturated carbocycles. The van der Waals surface area contributed by atoms with Gasteiger partial charge in [-0.15, -0.1) is 13.2 Å². The molecule has 3 aromatic rings. The van der Waals surface area contributed by atoms with E-state index in [9.17, 15) is 27.9 Å². The number of benzene rings is 1. The van der Waals surface area contributed by atoms with Crippen molar-refractivity contribution in [2.45, 2.75) is 58.4 Å². The highest BCUT2D eigenvalue weighted by molar-refractivity contribution is 5.72. The van der Waals surface area contributed by atoms with Gasteiger partial charge in [0.1, 0.15) is 23.4 Å². The number of fused-ring (bicyclic) bond motifs is 1. The highest BCUT2D eigenvalue weighted by Crippen LogP contribution is 2.33. The maximum Gasteiger partial charge on any atom is 0.573 e. The Kier molecular flexibility index (Phi) is 7.30. The number of hydrogen-bond donors (Lipinski definition) is 2. The van der Waals surface area contributed by atoms with Gasteiger partial charge in [-0.1, -0.05) is 18.2 Å². The number of pyridine rings is 1. The van der Waals surface area contributed by atoms with Crippen molar-refractivity contribution in [1.29, 1.82) is 0 Å². The van der Waals surface area contributed by atoms with Crippen LogP contribution < -0.4 is 26.2 Å². The van der Waals surface area contributed by atoms with Crippen LogP contribution in [0.2, 0.25) is 0 Å². The van der Waals surface area contributed by atoms with Gasteiger partial charge in [-0.25, -0.2) is 4.79 Å². The summed E-state index contributed by atoms with van der Waals surface area (Å²) in [6.07, 6.45) is -3.96. The SMILES string of the molecule is Cc1ccc(CN2c3c(n(C)c(=O)n(CCC(C)O)c3=O)NC2Cc2cccc(OC(F)(F)F)c2)nc1. The number of aliphatic hydroxyl groups excluding tert-OH is 1. The number of hydrogen-bond acceptors (Lipinski definition) is 7. The largest absolute Gasteiger partial charge is 0.573 e. The minimum atomic E-state index is -4.82. The van der Waals surface area contributed by atoms with Crippen molar-refractivity contribution < 1.29 is 23.0 Å². The average molecular weight is 520 g/mol. The number of ether oxygens (including phenoxy) is 1. The molecule has 12 heteroatoms. The van der Waals surface area contributed by atoms with Crippen LogP contribution in [0.1, 0.15) is 30.2 Å². The fourth-order valence-corrected chi connectivity index (χ4v) is 4.29. The van der Waals surface area contributed by atoms with E-state index in [1.165, 1.54) is 29.8 Å². The molecule has 2 unspecified atom stereocenters. The molecule has 37 heavy (non-hydrogen) atoms. The third-order valence-electron chi connectivity index (χ3n) is 6.13. The minimum absolute atomic E-state index is 0.0363. The molecule has 2 aromatic heterocycles. The van der Waals surface area contributed by atoms with E-state index in [-0.39, 0.29) is 37.4 Å². The van der Waals surface area contributed by atoms with E-state index in [1.54, 1.807) is 24.1 Å². The Balaban J connectivity index is 1.74. The first-order chi connectivity index (χ1) is 17.4. The molecule has 2 N–H and O–H groups in total. The van der Waals surface area contributed by atoms with Gasteiger partial charge in [-0.05, 0) is 49.6 Å². The third kappa shape index (κ3) is 5.96. The second-order valence-corrected chi connectivity index (χ2v) is 9.15. The summed E-state index contributed by atoms with van der Waals surface area (Å²) < 4.78 is 44.7. The second kappa shape index (κ2) is 10.3. The van der Waals surface area contributed by atoms with Crippen molar-refractivity contribution in [3.63, 3.8) is 0 Å². The summed E-state index contributed by atoms with van der Waals surface area (Å²) in [6, 6.07) is 9.35. The van der Waals surface area contributed by atoms with Crippen molar-refractivity contribution in [3.8, 4) is 5.75 Å². The monoisotopic (exact) mass is 519 g/mol. The molecule has 3 heterocycles. The Hall–Kier alpha value is -3.80. The predicted molar refractivity (Wildman–Crippen MR) is 132 cm³/mol. The van der Waals surface area contributed by atoms with Gasteiger partial charge in [0.05, 0.1) is 18.3 Å². The summed E-state index contributed by atoms with van der Waals surface area (Å²) in [4.78, 5) is 32.7. The van der Waals surface area contributed by atoms with Crippen molar-refractivity contribution in [3.05, 3.63) is 80.3 Å². The Morgan fingerprint density at radius 3 is 2.62 bits per heavy atom. The quantitative estimate of drug-likeness (QED) is 0.472. The van der Waals surface area contributed by atoms with Crippen molar-refractivity contribution >= 4 is 11.5 Å². The number of rotatable bonds is 8. The van der Waals surface area contributed by atoms with Crippen molar-refractivity contribution in [2.24, 2.45) is 7.05 Å². The zero-order valence-corrected chi connectivity index (χ0v) is 20.6. The molecule has 1 aliphatic rings. The van der Waals surface area contributed by atoms with Crippen LogP contribution in [0, 0.1) is 6.92 Å². The topological polar surface area (TPSA) is 102 Å². The molecule has 0 saturated heterocycles. The molecule has 0 aliphatic carbocycles. The maximum atomic E-state index is 13.5. The van der Waals surface area contributed by atoms with Gasteiger partial charge in [0.25, 0.3) is 5.56 Å². The summed E-state index contributed by atoms with van der Waals surface area (Å²) >= 11 is 0. The van der Waals surface area contributed by atoms with Crippen LogP contribution in [0.15, 0.2) is 52.2 Å². The molecular weight excluding hydrogens is 491 g/mol. The maximum absolute atomic E-state index is 13.5.